The third-order valence-corrected chi connectivity index (χ3v) is 3.48. The molecule has 0 radical (unpaired) electrons. The van der Waals surface area contributed by atoms with Gasteiger partial charge >= 0.3 is 0 Å². The van der Waals surface area contributed by atoms with Gasteiger partial charge in [0.05, 0.1) is 17.7 Å². The third kappa shape index (κ3) is 3.28. The van der Waals surface area contributed by atoms with Crippen LogP contribution in [0.25, 0.3) is 11.4 Å². The molecule has 0 aliphatic heterocycles. The van der Waals surface area contributed by atoms with Crippen molar-refractivity contribution >= 4 is 0 Å². The zero-order chi connectivity index (χ0) is 14.5. The quantitative estimate of drug-likeness (QED) is 0.839. The monoisotopic (exact) mass is 277 g/mol. The molecule has 2 aromatic rings. The molecular formula is C15H23N3O2. The fourth-order valence-electron chi connectivity index (χ4n) is 2.45. The summed E-state index contributed by atoms with van der Waals surface area (Å²) < 4.78 is 10.5. The minimum Gasteiger partial charge on any atom is -0.472 e. The highest BCUT2D eigenvalue weighted by atomic mass is 16.5. The van der Waals surface area contributed by atoms with Gasteiger partial charge in [-0.2, -0.15) is 4.98 Å². The lowest BCUT2D eigenvalue weighted by Gasteiger charge is -2.24. The van der Waals surface area contributed by atoms with Gasteiger partial charge in [0.2, 0.25) is 11.7 Å². The smallest absolute Gasteiger partial charge is 0.231 e. The first-order valence-corrected chi connectivity index (χ1v) is 7.23. The lowest BCUT2D eigenvalue weighted by Crippen LogP contribution is -2.35. The zero-order valence-electron chi connectivity index (χ0n) is 12.6. The van der Waals surface area contributed by atoms with E-state index in [2.05, 4.69) is 43.2 Å². The second kappa shape index (κ2) is 6.70. The first-order chi connectivity index (χ1) is 9.63. The van der Waals surface area contributed by atoms with Crippen molar-refractivity contribution in [2.45, 2.75) is 46.1 Å². The predicted molar refractivity (Wildman–Crippen MR) is 77.3 cm³/mol. The maximum Gasteiger partial charge on any atom is 0.231 e. The molecule has 2 heterocycles. The molecule has 0 aliphatic rings. The van der Waals surface area contributed by atoms with Gasteiger partial charge in [0.25, 0.3) is 0 Å². The number of nitrogens with one attached hydrogen (secondary N) is 1. The normalized spacial score (nSPS) is 14.7. The van der Waals surface area contributed by atoms with Gasteiger partial charge in [0, 0.05) is 6.04 Å². The molecule has 110 valence electrons. The Balaban J connectivity index is 2.17. The fourth-order valence-corrected chi connectivity index (χ4v) is 2.45. The van der Waals surface area contributed by atoms with E-state index in [-0.39, 0.29) is 5.92 Å². The van der Waals surface area contributed by atoms with Gasteiger partial charge in [-0.3, -0.25) is 0 Å². The maximum atomic E-state index is 5.47. The number of hydrogen-bond donors (Lipinski definition) is 1. The number of hydrogen-bond acceptors (Lipinski definition) is 5. The molecule has 0 saturated carbocycles. The average molecular weight is 277 g/mol. The van der Waals surface area contributed by atoms with E-state index in [4.69, 9.17) is 8.94 Å². The standard InChI is InChI=1S/C15H23N3O2/c1-5-7-16-11(4)13(10(2)3)15-17-14(18-20-15)12-6-8-19-9-12/h6,8-11,13,16H,5,7H2,1-4H3. The van der Waals surface area contributed by atoms with Crippen molar-refractivity contribution in [3.63, 3.8) is 0 Å². The van der Waals surface area contributed by atoms with E-state index in [1.807, 2.05) is 6.07 Å². The Labute approximate surface area is 119 Å². The molecule has 0 amide bonds. The molecule has 2 aromatic heterocycles. The van der Waals surface area contributed by atoms with E-state index in [0.717, 1.165) is 18.5 Å². The van der Waals surface area contributed by atoms with Crippen molar-refractivity contribution in [2.24, 2.45) is 5.92 Å². The summed E-state index contributed by atoms with van der Waals surface area (Å²) in [4.78, 5) is 4.53. The van der Waals surface area contributed by atoms with Gasteiger partial charge in [-0.15, -0.1) is 0 Å². The molecular weight excluding hydrogens is 254 g/mol. The van der Waals surface area contributed by atoms with Crippen LogP contribution >= 0.6 is 0 Å². The molecule has 5 heteroatoms. The van der Waals surface area contributed by atoms with Gasteiger partial charge in [-0.1, -0.05) is 25.9 Å². The summed E-state index contributed by atoms with van der Waals surface area (Å²) in [7, 11) is 0. The Morgan fingerprint density at radius 3 is 2.70 bits per heavy atom. The first-order valence-electron chi connectivity index (χ1n) is 7.23. The second-order valence-corrected chi connectivity index (χ2v) is 5.48. The molecule has 0 bridgehead atoms. The molecule has 2 atom stereocenters. The summed E-state index contributed by atoms with van der Waals surface area (Å²) in [6.45, 7) is 9.68. The van der Waals surface area contributed by atoms with Crippen LogP contribution in [0.5, 0.6) is 0 Å². The van der Waals surface area contributed by atoms with Gasteiger partial charge in [0.1, 0.15) is 6.26 Å². The van der Waals surface area contributed by atoms with Crippen molar-refractivity contribution in [3.8, 4) is 11.4 Å². The molecule has 2 rings (SSSR count). The largest absolute Gasteiger partial charge is 0.472 e. The Hall–Kier alpha value is -1.62. The highest BCUT2D eigenvalue weighted by Crippen LogP contribution is 2.28. The molecule has 5 nitrogen and oxygen atoms in total. The lowest BCUT2D eigenvalue weighted by atomic mass is 9.89. The van der Waals surface area contributed by atoms with Crippen LogP contribution in [0.3, 0.4) is 0 Å². The Bertz CT molecular complexity index is 505. The van der Waals surface area contributed by atoms with Crippen LogP contribution in [0.1, 0.15) is 45.9 Å². The lowest BCUT2D eigenvalue weighted by molar-refractivity contribution is 0.280. The van der Waals surface area contributed by atoms with Gasteiger partial charge in [-0.05, 0) is 31.9 Å². The van der Waals surface area contributed by atoms with E-state index in [0.29, 0.717) is 23.7 Å². The Morgan fingerprint density at radius 1 is 1.30 bits per heavy atom. The highest BCUT2D eigenvalue weighted by Gasteiger charge is 2.28. The molecule has 20 heavy (non-hydrogen) atoms. The van der Waals surface area contributed by atoms with Crippen LogP contribution in [-0.2, 0) is 0 Å². The minimum absolute atomic E-state index is 0.203. The van der Waals surface area contributed by atoms with E-state index in [1.54, 1.807) is 12.5 Å². The van der Waals surface area contributed by atoms with E-state index < -0.39 is 0 Å². The van der Waals surface area contributed by atoms with E-state index in [1.165, 1.54) is 0 Å². The van der Waals surface area contributed by atoms with Crippen molar-refractivity contribution in [1.29, 1.82) is 0 Å². The highest BCUT2D eigenvalue weighted by molar-refractivity contribution is 5.51. The van der Waals surface area contributed by atoms with E-state index >= 15 is 0 Å². The number of nitrogens with zero attached hydrogens (tertiary/aromatic N) is 2. The van der Waals surface area contributed by atoms with Crippen LogP contribution in [0.4, 0.5) is 0 Å². The summed E-state index contributed by atoms with van der Waals surface area (Å²) in [6.07, 6.45) is 4.34. The van der Waals surface area contributed by atoms with Crippen molar-refractivity contribution in [1.82, 2.24) is 15.5 Å². The predicted octanol–water partition coefficient (Wildman–Crippen LogP) is 3.46. The first kappa shape index (κ1) is 14.8. The summed E-state index contributed by atoms with van der Waals surface area (Å²) in [5.74, 6) is 1.90. The molecule has 1 N–H and O–H groups in total. The molecule has 0 fully saturated rings. The van der Waals surface area contributed by atoms with Crippen molar-refractivity contribution in [3.05, 3.63) is 24.5 Å². The third-order valence-electron chi connectivity index (χ3n) is 3.48. The van der Waals surface area contributed by atoms with Crippen molar-refractivity contribution < 1.29 is 8.94 Å². The van der Waals surface area contributed by atoms with Crippen LogP contribution in [0, 0.1) is 5.92 Å². The summed E-state index contributed by atoms with van der Waals surface area (Å²) >= 11 is 0. The molecule has 0 spiro atoms. The van der Waals surface area contributed by atoms with Crippen molar-refractivity contribution in [2.75, 3.05) is 6.54 Å². The van der Waals surface area contributed by atoms with Crippen LogP contribution in [-0.4, -0.2) is 22.7 Å². The number of rotatable bonds is 7. The second-order valence-electron chi connectivity index (χ2n) is 5.48. The Morgan fingerprint density at radius 2 is 2.10 bits per heavy atom. The topological polar surface area (TPSA) is 64.1 Å². The van der Waals surface area contributed by atoms with Gasteiger partial charge in [0.15, 0.2) is 0 Å². The van der Waals surface area contributed by atoms with Crippen LogP contribution in [0.2, 0.25) is 0 Å². The maximum absolute atomic E-state index is 5.47. The molecule has 0 aliphatic carbocycles. The SMILES string of the molecule is CCCNC(C)C(c1nc(-c2ccoc2)no1)C(C)C. The summed E-state index contributed by atoms with van der Waals surface area (Å²) in [5, 5.41) is 7.56. The molecule has 0 saturated heterocycles. The summed E-state index contributed by atoms with van der Waals surface area (Å²) in [5.41, 5.74) is 0.844. The summed E-state index contributed by atoms with van der Waals surface area (Å²) in [6, 6.07) is 2.13. The zero-order valence-corrected chi connectivity index (χ0v) is 12.6. The van der Waals surface area contributed by atoms with E-state index in [9.17, 15) is 0 Å². The Kier molecular flexibility index (Phi) is 4.95. The van der Waals surface area contributed by atoms with Gasteiger partial charge < -0.3 is 14.3 Å². The minimum atomic E-state index is 0.203. The molecule has 2 unspecified atom stereocenters. The van der Waals surface area contributed by atoms with Gasteiger partial charge in [-0.25, -0.2) is 0 Å². The number of aromatic nitrogens is 2. The molecule has 0 aromatic carbocycles. The fraction of sp³-hybridized carbons (Fsp3) is 0.600. The van der Waals surface area contributed by atoms with Crippen LogP contribution in [0.15, 0.2) is 27.5 Å². The number of furan rings is 1. The average Bonchev–Trinajstić information content (AvgIpc) is 3.06. The van der Waals surface area contributed by atoms with Crippen LogP contribution < -0.4 is 5.32 Å².